The summed E-state index contributed by atoms with van der Waals surface area (Å²) in [7, 11) is 0. The van der Waals surface area contributed by atoms with E-state index >= 15 is 0 Å². The Balaban J connectivity index is 2.15. The number of nitrogens with zero attached hydrogens (tertiary/aromatic N) is 1. The summed E-state index contributed by atoms with van der Waals surface area (Å²) in [5.41, 5.74) is 2.23. The summed E-state index contributed by atoms with van der Waals surface area (Å²) in [5, 5.41) is 13.1. The largest absolute Gasteiger partial charge is 0.394 e. The van der Waals surface area contributed by atoms with Gasteiger partial charge in [0.25, 0.3) is 0 Å². The van der Waals surface area contributed by atoms with Crippen molar-refractivity contribution >= 4 is 16.8 Å². The number of carbonyl (C=O) groups is 1. The van der Waals surface area contributed by atoms with Crippen molar-refractivity contribution in [3.63, 3.8) is 0 Å². The van der Waals surface area contributed by atoms with Gasteiger partial charge in [0.05, 0.1) is 12.6 Å². The van der Waals surface area contributed by atoms with E-state index < -0.39 is 0 Å². The maximum Gasteiger partial charge on any atom is 0.240 e. The van der Waals surface area contributed by atoms with Crippen molar-refractivity contribution in [1.82, 2.24) is 9.88 Å². The molecule has 0 aliphatic carbocycles. The molecule has 0 aliphatic rings. The van der Waals surface area contributed by atoms with Gasteiger partial charge in [0.15, 0.2) is 0 Å². The number of para-hydroxylation sites is 1. The summed E-state index contributed by atoms with van der Waals surface area (Å²) in [6, 6.07) is 7.88. The number of benzene rings is 1. The molecule has 0 bridgehead atoms. The summed E-state index contributed by atoms with van der Waals surface area (Å²) >= 11 is 0. The lowest BCUT2D eigenvalue weighted by Gasteiger charge is -2.14. The van der Waals surface area contributed by atoms with E-state index in [0.29, 0.717) is 0 Å². The predicted octanol–water partition coefficient (Wildman–Crippen LogP) is 1.84. The SMILES string of the molecule is CCC(CO)NC(=O)Cn1cc(C)c2ccccc21. The number of aliphatic hydroxyl groups excluding tert-OH is 1. The fraction of sp³-hybridized carbons (Fsp3) is 0.400. The lowest BCUT2D eigenvalue weighted by Crippen LogP contribution is -2.38. The number of nitrogens with one attached hydrogen (secondary N) is 1. The highest BCUT2D eigenvalue weighted by atomic mass is 16.3. The Hall–Kier alpha value is -1.81. The van der Waals surface area contributed by atoms with E-state index in [2.05, 4.69) is 11.4 Å². The van der Waals surface area contributed by atoms with E-state index in [4.69, 9.17) is 5.11 Å². The third-order valence-corrected chi connectivity index (χ3v) is 3.38. The maximum atomic E-state index is 12.0. The number of aliphatic hydroxyl groups is 1. The van der Waals surface area contributed by atoms with Crippen LogP contribution in [0.4, 0.5) is 0 Å². The summed E-state index contributed by atoms with van der Waals surface area (Å²) in [4.78, 5) is 12.0. The van der Waals surface area contributed by atoms with Crippen LogP contribution < -0.4 is 5.32 Å². The highest BCUT2D eigenvalue weighted by Gasteiger charge is 2.11. The molecule has 1 atom stereocenters. The van der Waals surface area contributed by atoms with Crippen molar-refractivity contribution in [3.05, 3.63) is 36.0 Å². The molecule has 0 saturated heterocycles. The monoisotopic (exact) mass is 260 g/mol. The smallest absolute Gasteiger partial charge is 0.240 e. The first-order chi connectivity index (χ1) is 9.15. The van der Waals surface area contributed by atoms with Gasteiger partial charge in [0.1, 0.15) is 6.54 Å². The average molecular weight is 260 g/mol. The summed E-state index contributed by atoms with van der Waals surface area (Å²) in [6.45, 7) is 4.24. The van der Waals surface area contributed by atoms with E-state index in [-0.39, 0.29) is 25.1 Å². The van der Waals surface area contributed by atoms with Crippen LogP contribution in [0.3, 0.4) is 0 Å². The normalized spacial score (nSPS) is 12.6. The van der Waals surface area contributed by atoms with Gasteiger partial charge >= 0.3 is 0 Å². The Kier molecular flexibility index (Phi) is 4.22. The lowest BCUT2D eigenvalue weighted by atomic mass is 10.2. The number of carbonyl (C=O) groups excluding carboxylic acids is 1. The molecule has 4 nitrogen and oxygen atoms in total. The van der Waals surface area contributed by atoms with Crippen molar-refractivity contribution in [2.45, 2.75) is 32.9 Å². The molecule has 2 N–H and O–H groups in total. The van der Waals surface area contributed by atoms with Crippen molar-refractivity contribution in [3.8, 4) is 0 Å². The Labute approximate surface area is 113 Å². The molecule has 0 spiro atoms. The average Bonchev–Trinajstić information content (AvgIpc) is 2.73. The molecule has 2 rings (SSSR count). The van der Waals surface area contributed by atoms with Gasteiger partial charge in [-0.3, -0.25) is 4.79 Å². The molecule has 4 heteroatoms. The third-order valence-electron chi connectivity index (χ3n) is 3.38. The van der Waals surface area contributed by atoms with Crippen LogP contribution in [-0.2, 0) is 11.3 Å². The van der Waals surface area contributed by atoms with Crippen LogP contribution in [0.15, 0.2) is 30.5 Å². The third kappa shape index (κ3) is 2.96. The topological polar surface area (TPSA) is 54.3 Å². The number of rotatable bonds is 5. The molecule has 1 unspecified atom stereocenters. The Morgan fingerprint density at radius 3 is 2.84 bits per heavy atom. The fourth-order valence-electron chi connectivity index (χ4n) is 2.27. The van der Waals surface area contributed by atoms with Crippen LogP contribution in [0.5, 0.6) is 0 Å². The first kappa shape index (κ1) is 13.6. The van der Waals surface area contributed by atoms with E-state index in [9.17, 15) is 4.79 Å². The van der Waals surface area contributed by atoms with E-state index in [1.807, 2.05) is 42.8 Å². The molecule has 0 radical (unpaired) electrons. The first-order valence-electron chi connectivity index (χ1n) is 6.60. The van der Waals surface area contributed by atoms with Crippen molar-refractivity contribution in [1.29, 1.82) is 0 Å². The number of hydrogen-bond acceptors (Lipinski definition) is 2. The maximum absolute atomic E-state index is 12.0. The molecule has 1 amide bonds. The molecular weight excluding hydrogens is 240 g/mol. The van der Waals surface area contributed by atoms with E-state index in [0.717, 1.165) is 17.5 Å². The lowest BCUT2D eigenvalue weighted by molar-refractivity contribution is -0.122. The molecule has 0 aliphatic heterocycles. The van der Waals surface area contributed by atoms with Gasteiger partial charge in [-0.25, -0.2) is 0 Å². The van der Waals surface area contributed by atoms with Gasteiger partial charge in [-0.15, -0.1) is 0 Å². The zero-order valence-electron chi connectivity index (χ0n) is 11.4. The molecule has 1 aromatic carbocycles. The molecule has 1 heterocycles. The number of aromatic nitrogens is 1. The van der Waals surface area contributed by atoms with E-state index in [1.165, 1.54) is 5.39 Å². The molecule has 0 saturated carbocycles. The molecule has 0 fully saturated rings. The molecular formula is C15H20N2O2. The van der Waals surface area contributed by atoms with Gasteiger partial charge in [-0.1, -0.05) is 25.1 Å². The van der Waals surface area contributed by atoms with Crippen LogP contribution >= 0.6 is 0 Å². The second-order valence-electron chi connectivity index (χ2n) is 4.81. The second kappa shape index (κ2) is 5.89. The first-order valence-corrected chi connectivity index (χ1v) is 6.60. The highest BCUT2D eigenvalue weighted by molar-refractivity contribution is 5.86. The minimum atomic E-state index is -0.157. The molecule has 102 valence electrons. The quantitative estimate of drug-likeness (QED) is 0.862. The van der Waals surface area contributed by atoms with Crippen molar-refractivity contribution in [2.24, 2.45) is 0 Å². The summed E-state index contributed by atoms with van der Waals surface area (Å²) in [6.07, 6.45) is 2.72. The Morgan fingerprint density at radius 2 is 2.16 bits per heavy atom. The number of fused-ring (bicyclic) bond motifs is 1. The van der Waals surface area contributed by atoms with Gasteiger partial charge < -0.3 is 15.0 Å². The van der Waals surface area contributed by atoms with Crippen LogP contribution in [0.1, 0.15) is 18.9 Å². The zero-order valence-corrected chi connectivity index (χ0v) is 11.4. The summed E-state index contributed by atoms with van der Waals surface area (Å²) < 4.78 is 1.95. The van der Waals surface area contributed by atoms with Crippen LogP contribution in [-0.4, -0.2) is 28.2 Å². The minimum Gasteiger partial charge on any atom is -0.394 e. The van der Waals surface area contributed by atoms with Crippen molar-refractivity contribution in [2.75, 3.05) is 6.61 Å². The number of hydrogen-bond donors (Lipinski definition) is 2. The Morgan fingerprint density at radius 1 is 1.42 bits per heavy atom. The molecule has 19 heavy (non-hydrogen) atoms. The minimum absolute atomic E-state index is 0.0201. The summed E-state index contributed by atoms with van der Waals surface area (Å²) in [5.74, 6) is -0.0679. The van der Waals surface area contributed by atoms with Gasteiger partial charge in [0, 0.05) is 17.1 Å². The molecule has 1 aromatic heterocycles. The fourth-order valence-corrected chi connectivity index (χ4v) is 2.27. The number of amides is 1. The zero-order chi connectivity index (χ0) is 13.8. The predicted molar refractivity (Wildman–Crippen MR) is 76.0 cm³/mol. The number of aryl methyl sites for hydroxylation is 1. The molecule has 2 aromatic rings. The van der Waals surface area contributed by atoms with Gasteiger partial charge in [-0.2, -0.15) is 0 Å². The van der Waals surface area contributed by atoms with Crippen LogP contribution in [0.25, 0.3) is 10.9 Å². The van der Waals surface area contributed by atoms with Crippen LogP contribution in [0.2, 0.25) is 0 Å². The highest BCUT2D eigenvalue weighted by Crippen LogP contribution is 2.20. The van der Waals surface area contributed by atoms with Crippen LogP contribution in [0, 0.1) is 6.92 Å². The van der Waals surface area contributed by atoms with Crippen molar-refractivity contribution < 1.29 is 9.90 Å². The second-order valence-corrected chi connectivity index (χ2v) is 4.81. The van der Waals surface area contributed by atoms with Gasteiger partial charge in [0.2, 0.25) is 5.91 Å². The van der Waals surface area contributed by atoms with E-state index in [1.54, 1.807) is 0 Å². The Bertz CT molecular complexity index is 571. The van der Waals surface area contributed by atoms with Gasteiger partial charge in [-0.05, 0) is 25.0 Å². The standard InChI is InChI=1S/C15H20N2O2/c1-3-12(10-18)16-15(19)9-17-8-11(2)13-6-4-5-7-14(13)17/h4-8,12,18H,3,9-10H2,1-2H3,(H,16,19).